The van der Waals surface area contributed by atoms with Crippen molar-refractivity contribution in [3.05, 3.63) is 23.8 Å². The second-order valence-corrected chi connectivity index (χ2v) is 5.63. The van der Waals surface area contributed by atoms with Crippen LogP contribution in [0.15, 0.2) is 12.1 Å². The molecule has 2 amide bonds. The molecule has 0 bridgehead atoms. The zero-order valence-corrected chi connectivity index (χ0v) is 13.3. The smallest absolute Gasteiger partial charge is 0.414 e. The van der Waals surface area contributed by atoms with E-state index in [0.717, 1.165) is 17.0 Å². The Morgan fingerprint density at radius 2 is 2.08 bits per heavy atom. The summed E-state index contributed by atoms with van der Waals surface area (Å²) in [5.41, 5.74) is 2.60. The lowest BCUT2D eigenvalue weighted by Gasteiger charge is -2.24. The number of ether oxygens (including phenoxy) is 1. The number of nitrogens with zero attached hydrogens (tertiary/aromatic N) is 2. The predicted molar refractivity (Wildman–Crippen MR) is 84.2 cm³/mol. The van der Waals surface area contributed by atoms with Crippen LogP contribution in [0.4, 0.5) is 25.0 Å². The number of amides is 2. The summed E-state index contributed by atoms with van der Waals surface area (Å²) >= 11 is 0. The molecule has 1 atom stereocenters. The monoisotopic (exact) mass is 356 g/mol. The number of hydrogen-bond donors (Lipinski definition) is 2. The molecule has 1 aromatic rings. The van der Waals surface area contributed by atoms with Crippen LogP contribution in [-0.4, -0.2) is 57.9 Å². The van der Waals surface area contributed by atoms with E-state index in [9.17, 15) is 18.4 Å². The summed E-state index contributed by atoms with van der Waals surface area (Å²) in [6.45, 7) is 1.69. The van der Waals surface area contributed by atoms with Gasteiger partial charge in [0.05, 0.1) is 25.4 Å². The minimum absolute atomic E-state index is 0.0709. The molecule has 136 valence electrons. The molecule has 0 unspecified atom stereocenters. The predicted octanol–water partition coefficient (Wildman–Crippen LogP) is 0.377. The highest BCUT2D eigenvalue weighted by Crippen LogP contribution is 2.31. The topological polar surface area (TPSA) is 83.1 Å². The molecule has 2 saturated heterocycles. The van der Waals surface area contributed by atoms with Crippen LogP contribution in [0.3, 0.4) is 0 Å². The van der Waals surface area contributed by atoms with Gasteiger partial charge in [0.25, 0.3) is 0 Å². The highest BCUT2D eigenvalue weighted by atomic mass is 19.1. The molecule has 0 aliphatic carbocycles. The van der Waals surface area contributed by atoms with Crippen LogP contribution in [0.25, 0.3) is 0 Å². The van der Waals surface area contributed by atoms with Crippen molar-refractivity contribution in [1.29, 1.82) is 0 Å². The molecule has 2 N–H and O–H groups in total. The van der Waals surface area contributed by atoms with Crippen molar-refractivity contribution in [3.63, 3.8) is 0 Å². The Bertz CT molecular complexity index is 629. The average molecular weight is 356 g/mol. The number of nitrogens with one attached hydrogen (secondary N) is 2. The molecule has 2 heterocycles. The fourth-order valence-electron chi connectivity index (χ4n) is 2.84. The summed E-state index contributed by atoms with van der Waals surface area (Å²) in [6, 6.07) is 2.21. The third-order valence-corrected chi connectivity index (χ3v) is 3.98. The normalized spacial score (nSPS) is 21.0. The van der Waals surface area contributed by atoms with Gasteiger partial charge < -0.3 is 15.0 Å². The van der Waals surface area contributed by atoms with Gasteiger partial charge in [0.2, 0.25) is 6.41 Å². The van der Waals surface area contributed by atoms with Crippen molar-refractivity contribution in [1.82, 2.24) is 10.8 Å². The molecule has 0 saturated carbocycles. The van der Waals surface area contributed by atoms with Crippen LogP contribution in [0.1, 0.15) is 0 Å². The van der Waals surface area contributed by atoms with E-state index in [0.29, 0.717) is 32.7 Å². The number of carbonyl (C=O) groups excluding carboxylic acids is 2. The fourth-order valence-corrected chi connectivity index (χ4v) is 2.84. The number of carbonyl (C=O) groups is 2. The van der Waals surface area contributed by atoms with Gasteiger partial charge in [-0.2, -0.15) is 0 Å². The number of anilines is 2. The van der Waals surface area contributed by atoms with E-state index in [1.807, 2.05) is 0 Å². The van der Waals surface area contributed by atoms with Crippen molar-refractivity contribution >= 4 is 23.9 Å². The number of hydrogen-bond acceptors (Lipinski definition) is 6. The third kappa shape index (κ3) is 3.80. The summed E-state index contributed by atoms with van der Waals surface area (Å²) in [7, 11) is 0. The number of hydroxylamine groups is 1. The van der Waals surface area contributed by atoms with E-state index in [1.165, 1.54) is 0 Å². The number of rotatable bonds is 5. The Morgan fingerprint density at radius 3 is 2.80 bits per heavy atom. The van der Waals surface area contributed by atoms with E-state index in [1.54, 1.807) is 4.90 Å². The van der Waals surface area contributed by atoms with Crippen LogP contribution >= 0.6 is 0 Å². The van der Waals surface area contributed by atoms with Gasteiger partial charge in [-0.3, -0.25) is 14.5 Å². The highest BCUT2D eigenvalue weighted by molar-refractivity contribution is 5.90. The second kappa shape index (κ2) is 7.62. The van der Waals surface area contributed by atoms with E-state index >= 15 is 0 Å². The molecular formula is C15H18F2N4O4. The fraction of sp³-hybridized carbons (Fsp3) is 0.467. The van der Waals surface area contributed by atoms with Crippen LogP contribution in [0.5, 0.6) is 0 Å². The molecular weight excluding hydrogens is 338 g/mol. The molecule has 25 heavy (non-hydrogen) atoms. The van der Waals surface area contributed by atoms with Crippen LogP contribution in [0, 0.1) is 11.6 Å². The molecule has 2 fully saturated rings. The Morgan fingerprint density at radius 1 is 1.32 bits per heavy atom. The maximum atomic E-state index is 14.5. The number of cyclic esters (lactones) is 1. The second-order valence-electron chi connectivity index (χ2n) is 5.63. The molecule has 2 aliphatic heterocycles. The lowest BCUT2D eigenvalue weighted by Crippen LogP contribution is -2.31. The van der Waals surface area contributed by atoms with Gasteiger partial charge >= 0.3 is 6.09 Å². The summed E-state index contributed by atoms with van der Waals surface area (Å²) < 4.78 is 34.1. The standard InChI is InChI=1S/C15H18F2N4O4/c16-12-5-10(21-8-11(7-18-9-22)25-15(21)23)6-13(17)14(12)20-2-1-19-24-4-3-20/h5-6,9,11,19H,1-4,7-8H2,(H,18,22)/t11-/m0/s1. The highest BCUT2D eigenvalue weighted by Gasteiger charge is 2.33. The minimum atomic E-state index is -0.765. The first-order chi connectivity index (χ1) is 12.1. The van der Waals surface area contributed by atoms with Gasteiger partial charge in [0.1, 0.15) is 11.8 Å². The van der Waals surface area contributed by atoms with Gasteiger partial charge in [-0.05, 0) is 0 Å². The molecule has 1 aromatic carbocycles. The van der Waals surface area contributed by atoms with Gasteiger partial charge in [-0.15, -0.1) is 0 Å². The SMILES string of the molecule is O=CNC[C@H]1CN(c2cc(F)c(N3CCNOCC3)c(F)c2)C(=O)O1. The average Bonchev–Trinajstić information content (AvgIpc) is 2.77. The molecule has 10 heteroatoms. The van der Waals surface area contributed by atoms with Gasteiger partial charge in [0.15, 0.2) is 11.6 Å². The van der Waals surface area contributed by atoms with Crippen LogP contribution < -0.4 is 20.6 Å². The maximum Gasteiger partial charge on any atom is 0.414 e. The summed E-state index contributed by atoms with van der Waals surface area (Å²) in [6.07, 6.45) is -0.793. The van der Waals surface area contributed by atoms with Gasteiger partial charge in [0, 0.05) is 31.8 Å². The molecule has 2 aliphatic rings. The Hall–Kier alpha value is -2.46. The van der Waals surface area contributed by atoms with Crippen LogP contribution in [-0.2, 0) is 14.4 Å². The molecule has 3 rings (SSSR count). The number of benzene rings is 1. The Kier molecular flexibility index (Phi) is 5.29. The molecule has 0 spiro atoms. The maximum absolute atomic E-state index is 14.5. The zero-order valence-electron chi connectivity index (χ0n) is 13.3. The molecule has 0 aromatic heterocycles. The largest absolute Gasteiger partial charge is 0.442 e. The lowest BCUT2D eigenvalue weighted by atomic mass is 10.2. The van der Waals surface area contributed by atoms with E-state index in [4.69, 9.17) is 9.57 Å². The first-order valence-corrected chi connectivity index (χ1v) is 7.84. The lowest BCUT2D eigenvalue weighted by molar-refractivity contribution is -0.109. The van der Waals surface area contributed by atoms with Crippen molar-refractivity contribution in [2.45, 2.75) is 6.10 Å². The summed E-state index contributed by atoms with van der Waals surface area (Å²) in [4.78, 5) is 30.0. The van der Waals surface area contributed by atoms with E-state index in [-0.39, 0.29) is 24.5 Å². The van der Waals surface area contributed by atoms with Gasteiger partial charge in [-0.25, -0.2) is 19.1 Å². The van der Waals surface area contributed by atoms with Gasteiger partial charge in [-0.1, -0.05) is 0 Å². The van der Waals surface area contributed by atoms with Crippen molar-refractivity contribution in [2.24, 2.45) is 0 Å². The molecule has 0 radical (unpaired) electrons. The van der Waals surface area contributed by atoms with Crippen LogP contribution in [0.2, 0.25) is 0 Å². The first-order valence-electron chi connectivity index (χ1n) is 7.84. The van der Waals surface area contributed by atoms with Crippen molar-refractivity contribution in [3.8, 4) is 0 Å². The summed E-state index contributed by atoms with van der Waals surface area (Å²) in [5.74, 6) is -1.53. The third-order valence-electron chi connectivity index (χ3n) is 3.98. The van der Waals surface area contributed by atoms with E-state index in [2.05, 4.69) is 10.8 Å². The zero-order chi connectivity index (χ0) is 17.8. The van der Waals surface area contributed by atoms with Crippen molar-refractivity contribution in [2.75, 3.05) is 49.1 Å². The Balaban J connectivity index is 1.79. The minimum Gasteiger partial charge on any atom is -0.442 e. The number of halogens is 2. The van der Waals surface area contributed by atoms with Crippen molar-refractivity contribution < 1.29 is 27.9 Å². The summed E-state index contributed by atoms with van der Waals surface area (Å²) in [5, 5.41) is 2.41. The quantitative estimate of drug-likeness (QED) is 0.742. The molecule has 8 nitrogen and oxygen atoms in total. The first kappa shape index (κ1) is 17.4. The Labute approximate surface area is 142 Å². The van der Waals surface area contributed by atoms with E-state index < -0.39 is 23.8 Å².